The molecule has 4 aromatic rings. The van der Waals surface area contributed by atoms with Crippen LogP contribution in [0.15, 0.2) is 58.3 Å². The molecule has 0 spiro atoms. The van der Waals surface area contributed by atoms with Crippen LogP contribution in [-0.4, -0.2) is 32.5 Å². The lowest BCUT2D eigenvalue weighted by molar-refractivity contribution is -0.131. The van der Waals surface area contributed by atoms with Gasteiger partial charge in [0, 0.05) is 17.5 Å². The van der Waals surface area contributed by atoms with Gasteiger partial charge in [-0.3, -0.25) is 4.79 Å². The fraction of sp³-hybridized carbons (Fsp3) is 0.280. The summed E-state index contributed by atoms with van der Waals surface area (Å²) in [5, 5.41) is 11.6. The number of rotatable bonds is 9. The van der Waals surface area contributed by atoms with Crippen LogP contribution in [0.25, 0.3) is 22.0 Å². The molecule has 2 aromatic heterocycles. The monoisotopic (exact) mass is 480 g/mol. The van der Waals surface area contributed by atoms with Crippen molar-refractivity contribution in [1.82, 2.24) is 20.1 Å². The van der Waals surface area contributed by atoms with Crippen LogP contribution in [0.2, 0.25) is 5.02 Å². The van der Waals surface area contributed by atoms with Gasteiger partial charge in [0.05, 0.1) is 29.2 Å². The summed E-state index contributed by atoms with van der Waals surface area (Å²) in [6.07, 6.45) is 2.06. The fourth-order valence-corrected chi connectivity index (χ4v) is 4.50. The van der Waals surface area contributed by atoms with E-state index >= 15 is 0 Å². The van der Waals surface area contributed by atoms with Crippen LogP contribution >= 0.6 is 22.9 Å². The smallest absolute Gasteiger partial charge is 0.249 e. The number of thiazole rings is 1. The fourth-order valence-electron chi connectivity index (χ4n) is 3.46. The lowest BCUT2D eigenvalue weighted by Gasteiger charge is -2.19. The van der Waals surface area contributed by atoms with Crippen LogP contribution in [0, 0.1) is 0 Å². The second-order valence-corrected chi connectivity index (χ2v) is 8.93. The Morgan fingerprint density at radius 2 is 1.88 bits per heavy atom. The van der Waals surface area contributed by atoms with Crippen molar-refractivity contribution in [3.8, 4) is 22.0 Å². The van der Waals surface area contributed by atoms with Gasteiger partial charge >= 0.3 is 0 Å². The zero-order chi connectivity index (χ0) is 23.2. The third kappa shape index (κ3) is 5.67. The molecule has 0 unspecified atom stereocenters. The molecule has 0 N–H and O–H groups in total. The summed E-state index contributed by atoms with van der Waals surface area (Å²) in [5.74, 6) is 0.701. The Morgan fingerprint density at radius 3 is 2.61 bits per heavy atom. The van der Waals surface area contributed by atoms with Crippen LogP contribution in [0.1, 0.15) is 37.4 Å². The Hall–Kier alpha value is -3.03. The van der Waals surface area contributed by atoms with E-state index in [1.165, 1.54) is 5.56 Å². The van der Waals surface area contributed by atoms with E-state index in [2.05, 4.69) is 46.4 Å². The lowest BCUT2D eigenvalue weighted by atomic mass is 10.1. The zero-order valence-corrected chi connectivity index (χ0v) is 20.2. The number of hydrogen-bond acceptors (Lipinski definition) is 6. The lowest BCUT2D eigenvalue weighted by Crippen LogP contribution is -2.32. The first-order valence-corrected chi connectivity index (χ1v) is 12.2. The van der Waals surface area contributed by atoms with Gasteiger partial charge in [-0.15, -0.1) is 21.5 Å². The Bertz CT molecular complexity index is 1220. The third-order valence-electron chi connectivity index (χ3n) is 5.24. The molecule has 1 amide bonds. The highest BCUT2D eigenvalue weighted by atomic mass is 35.5. The summed E-state index contributed by atoms with van der Waals surface area (Å²) >= 11 is 7.78. The second kappa shape index (κ2) is 10.7. The number of benzene rings is 2. The molecule has 0 aliphatic rings. The van der Waals surface area contributed by atoms with E-state index < -0.39 is 0 Å². The summed E-state index contributed by atoms with van der Waals surface area (Å²) in [6.45, 7) is 5.01. The number of carbonyl (C=O) groups excluding carboxylic acids is 1. The van der Waals surface area contributed by atoms with Gasteiger partial charge in [-0.05, 0) is 30.5 Å². The minimum absolute atomic E-state index is 0.0208. The van der Waals surface area contributed by atoms with E-state index in [1.54, 1.807) is 22.3 Å². The molecule has 2 aromatic carbocycles. The predicted molar refractivity (Wildman–Crippen MR) is 131 cm³/mol. The van der Waals surface area contributed by atoms with Crippen molar-refractivity contribution in [2.24, 2.45) is 0 Å². The van der Waals surface area contributed by atoms with E-state index in [1.807, 2.05) is 30.5 Å². The third-order valence-corrected chi connectivity index (χ3v) is 6.51. The molecule has 0 saturated carbocycles. The van der Waals surface area contributed by atoms with Crippen molar-refractivity contribution < 1.29 is 9.21 Å². The molecule has 0 radical (unpaired) electrons. The number of hydrogen-bond donors (Lipinski definition) is 0. The average Bonchev–Trinajstić information content (AvgIpc) is 3.49. The molecular weight excluding hydrogens is 456 g/mol. The Kier molecular flexibility index (Phi) is 7.52. The number of halogens is 1. The van der Waals surface area contributed by atoms with E-state index in [-0.39, 0.29) is 18.9 Å². The van der Waals surface area contributed by atoms with E-state index in [0.29, 0.717) is 28.9 Å². The maximum Gasteiger partial charge on any atom is 0.249 e. The molecule has 0 atom stereocenters. The van der Waals surface area contributed by atoms with Crippen LogP contribution in [0.4, 0.5) is 0 Å². The van der Waals surface area contributed by atoms with Crippen molar-refractivity contribution in [3.05, 3.63) is 76.1 Å². The zero-order valence-electron chi connectivity index (χ0n) is 18.6. The predicted octanol–water partition coefficient (Wildman–Crippen LogP) is 6.06. The van der Waals surface area contributed by atoms with Gasteiger partial charge in [-0.2, -0.15) is 0 Å². The highest BCUT2D eigenvalue weighted by Gasteiger charge is 2.19. The standard InChI is InChI=1S/C25H25ClN4O2S/c1-3-13-30(15-22-28-29-24(32-22)20-7-5-6-8-21(20)26)23(31)14-19-16-33-25(27-19)18-11-9-17(4-2)10-12-18/h5-12,16H,3-4,13-15H2,1-2H3. The van der Waals surface area contributed by atoms with Crippen molar-refractivity contribution in [3.63, 3.8) is 0 Å². The van der Waals surface area contributed by atoms with Gasteiger partial charge in [0.2, 0.25) is 17.7 Å². The summed E-state index contributed by atoms with van der Waals surface area (Å²) in [7, 11) is 0. The van der Waals surface area contributed by atoms with Crippen LogP contribution in [-0.2, 0) is 24.2 Å². The molecule has 170 valence electrons. The van der Waals surface area contributed by atoms with Crippen molar-refractivity contribution in [1.29, 1.82) is 0 Å². The van der Waals surface area contributed by atoms with Crippen LogP contribution in [0.5, 0.6) is 0 Å². The number of carbonyl (C=O) groups is 1. The Labute approximate surface area is 202 Å². The largest absolute Gasteiger partial charge is 0.419 e. The van der Waals surface area contributed by atoms with Gasteiger partial charge < -0.3 is 9.32 Å². The van der Waals surface area contributed by atoms with Gasteiger partial charge in [0.15, 0.2) is 0 Å². The Morgan fingerprint density at radius 1 is 1.09 bits per heavy atom. The van der Waals surface area contributed by atoms with Crippen LogP contribution in [0.3, 0.4) is 0 Å². The quantitative estimate of drug-likeness (QED) is 0.291. The summed E-state index contributed by atoms with van der Waals surface area (Å²) in [4.78, 5) is 19.5. The van der Waals surface area contributed by atoms with Crippen molar-refractivity contribution in [2.45, 2.75) is 39.7 Å². The number of nitrogens with zero attached hydrogens (tertiary/aromatic N) is 4. The van der Waals surface area contributed by atoms with Crippen molar-refractivity contribution >= 4 is 28.8 Å². The van der Waals surface area contributed by atoms with Gasteiger partial charge in [-0.1, -0.05) is 61.8 Å². The normalized spacial score (nSPS) is 11.0. The maximum atomic E-state index is 13.0. The van der Waals surface area contributed by atoms with Crippen molar-refractivity contribution in [2.75, 3.05) is 6.54 Å². The minimum Gasteiger partial charge on any atom is -0.419 e. The average molecular weight is 481 g/mol. The number of amides is 1. The minimum atomic E-state index is -0.0208. The molecule has 8 heteroatoms. The highest BCUT2D eigenvalue weighted by molar-refractivity contribution is 7.13. The molecule has 6 nitrogen and oxygen atoms in total. The van der Waals surface area contributed by atoms with Gasteiger partial charge in [0.1, 0.15) is 5.01 Å². The first-order valence-electron chi connectivity index (χ1n) is 11.0. The molecule has 0 aliphatic carbocycles. The highest BCUT2D eigenvalue weighted by Crippen LogP contribution is 2.27. The van der Waals surface area contributed by atoms with E-state index in [4.69, 9.17) is 16.0 Å². The number of aromatic nitrogens is 3. The van der Waals surface area contributed by atoms with Gasteiger partial charge in [-0.25, -0.2) is 4.98 Å². The second-order valence-electron chi connectivity index (χ2n) is 7.67. The molecule has 33 heavy (non-hydrogen) atoms. The summed E-state index contributed by atoms with van der Waals surface area (Å²) in [5.41, 5.74) is 3.80. The topological polar surface area (TPSA) is 72.1 Å². The molecule has 0 fully saturated rings. The number of aryl methyl sites for hydroxylation is 1. The molecule has 0 aliphatic heterocycles. The summed E-state index contributed by atoms with van der Waals surface area (Å²) in [6, 6.07) is 15.7. The molecule has 2 heterocycles. The van der Waals surface area contributed by atoms with E-state index in [0.717, 1.165) is 29.1 Å². The first-order chi connectivity index (χ1) is 16.1. The first kappa shape index (κ1) is 23.1. The molecule has 0 saturated heterocycles. The molecular formula is C25H25ClN4O2S. The molecule has 4 rings (SSSR count). The SMILES string of the molecule is CCCN(Cc1nnc(-c2ccccc2Cl)o1)C(=O)Cc1csc(-c2ccc(CC)cc2)n1. The van der Waals surface area contributed by atoms with E-state index in [9.17, 15) is 4.79 Å². The van der Waals surface area contributed by atoms with Gasteiger partial charge in [0.25, 0.3) is 0 Å². The maximum absolute atomic E-state index is 13.0. The summed E-state index contributed by atoms with van der Waals surface area (Å²) < 4.78 is 5.79. The van der Waals surface area contributed by atoms with Crippen LogP contribution < -0.4 is 0 Å². The Balaban J connectivity index is 1.44. The molecule has 0 bridgehead atoms.